The molecule has 5 heteroatoms. The van der Waals surface area contributed by atoms with Gasteiger partial charge in [-0.2, -0.15) is 5.10 Å². The maximum Gasteiger partial charge on any atom is 0.140 e. The van der Waals surface area contributed by atoms with Gasteiger partial charge in [0.05, 0.1) is 24.5 Å². The van der Waals surface area contributed by atoms with Crippen molar-refractivity contribution in [2.45, 2.75) is 64.8 Å². The van der Waals surface area contributed by atoms with E-state index >= 15 is 0 Å². The lowest BCUT2D eigenvalue weighted by Crippen LogP contribution is -2.21. The second-order valence-corrected chi connectivity index (χ2v) is 10.0. The highest BCUT2D eigenvalue weighted by Gasteiger charge is 2.23. The Labute approximate surface area is 192 Å². The van der Waals surface area contributed by atoms with Crippen LogP contribution in [0.15, 0.2) is 48.8 Å². The highest BCUT2D eigenvalue weighted by Crippen LogP contribution is 2.36. The summed E-state index contributed by atoms with van der Waals surface area (Å²) in [4.78, 5) is 4.79. The molecule has 2 heterocycles. The minimum Gasteiger partial charge on any atom is -0.495 e. The number of ether oxygens (including phenoxy) is 1. The van der Waals surface area contributed by atoms with Gasteiger partial charge in [-0.15, -0.1) is 0 Å². The second kappa shape index (κ2) is 9.35. The third-order valence-corrected chi connectivity index (χ3v) is 6.60. The summed E-state index contributed by atoms with van der Waals surface area (Å²) in [6.07, 6.45) is 8.98. The van der Waals surface area contributed by atoms with Crippen LogP contribution in [0.25, 0.3) is 11.1 Å². The number of rotatable bonds is 6. The SMILES string of the molecule is COc1ccc([C@H]2CC[C@H](CNc3cccc(-c4cnn(C(C)(C)C)c4)c3)CC2)nc1C. The van der Waals surface area contributed by atoms with Crippen LogP contribution in [0.2, 0.25) is 0 Å². The van der Waals surface area contributed by atoms with Crippen LogP contribution in [0.1, 0.15) is 63.8 Å². The molecule has 4 rings (SSSR count). The standard InChI is InChI=1S/C27H36N4O/c1-19-26(32-5)14-13-25(30-19)21-11-9-20(10-12-21)16-28-24-8-6-7-22(15-24)23-17-29-31(18-23)27(2,3)4/h6-8,13-15,17-18,20-21,28H,9-12,16H2,1-5H3/t20-,21-. The van der Waals surface area contributed by atoms with Gasteiger partial charge in [0, 0.05) is 35.6 Å². The quantitative estimate of drug-likeness (QED) is 0.489. The van der Waals surface area contributed by atoms with Crippen LogP contribution in [0, 0.1) is 12.8 Å². The largest absolute Gasteiger partial charge is 0.495 e. The van der Waals surface area contributed by atoms with E-state index in [-0.39, 0.29) is 5.54 Å². The first-order valence-corrected chi connectivity index (χ1v) is 11.7. The number of aryl methyl sites for hydroxylation is 1. The van der Waals surface area contributed by atoms with Crippen molar-refractivity contribution in [1.29, 1.82) is 0 Å². The van der Waals surface area contributed by atoms with E-state index in [9.17, 15) is 0 Å². The van der Waals surface area contributed by atoms with E-state index in [4.69, 9.17) is 9.72 Å². The first-order valence-electron chi connectivity index (χ1n) is 11.7. The summed E-state index contributed by atoms with van der Waals surface area (Å²) in [5, 5.41) is 8.23. The number of nitrogens with zero attached hydrogens (tertiary/aromatic N) is 3. The fraction of sp³-hybridized carbons (Fsp3) is 0.481. The molecule has 0 radical (unpaired) electrons. The average Bonchev–Trinajstić information content (AvgIpc) is 3.29. The zero-order chi connectivity index (χ0) is 22.7. The molecule has 0 unspecified atom stereocenters. The van der Waals surface area contributed by atoms with Crippen molar-refractivity contribution in [3.05, 3.63) is 60.2 Å². The Bertz CT molecular complexity index is 1040. The van der Waals surface area contributed by atoms with Gasteiger partial charge < -0.3 is 10.1 Å². The van der Waals surface area contributed by atoms with Gasteiger partial charge in [0.25, 0.3) is 0 Å². The molecule has 1 aliphatic rings. The molecule has 0 saturated heterocycles. The van der Waals surface area contributed by atoms with Crippen molar-refractivity contribution in [1.82, 2.24) is 14.8 Å². The lowest BCUT2D eigenvalue weighted by Gasteiger charge is -2.29. The molecule has 0 bridgehead atoms. The summed E-state index contributed by atoms with van der Waals surface area (Å²) < 4.78 is 7.38. The first-order chi connectivity index (χ1) is 15.3. The van der Waals surface area contributed by atoms with Crippen molar-refractivity contribution in [2.24, 2.45) is 5.92 Å². The third-order valence-electron chi connectivity index (χ3n) is 6.60. The van der Waals surface area contributed by atoms with Gasteiger partial charge in [0.1, 0.15) is 5.75 Å². The Hall–Kier alpha value is -2.82. The Morgan fingerprint density at radius 3 is 2.50 bits per heavy atom. The Morgan fingerprint density at radius 2 is 1.84 bits per heavy atom. The Kier molecular flexibility index (Phi) is 6.54. The Balaban J connectivity index is 1.32. The summed E-state index contributed by atoms with van der Waals surface area (Å²) >= 11 is 0. The normalized spacial score (nSPS) is 19.0. The number of hydrogen-bond acceptors (Lipinski definition) is 4. The fourth-order valence-electron chi connectivity index (χ4n) is 4.58. The van der Waals surface area contributed by atoms with Gasteiger partial charge in [0.15, 0.2) is 0 Å². The third kappa shape index (κ3) is 5.14. The predicted octanol–water partition coefficient (Wildman–Crippen LogP) is 6.40. The van der Waals surface area contributed by atoms with Crippen LogP contribution in [-0.2, 0) is 5.54 Å². The molecule has 1 N–H and O–H groups in total. The van der Waals surface area contributed by atoms with Crippen LogP contribution in [0.4, 0.5) is 5.69 Å². The molecule has 0 atom stereocenters. The van der Waals surface area contributed by atoms with Crippen LogP contribution >= 0.6 is 0 Å². The number of methoxy groups -OCH3 is 1. The summed E-state index contributed by atoms with van der Waals surface area (Å²) in [5.41, 5.74) is 5.74. The smallest absolute Gasteiger partial charge is 0.140 e. The molecule has 5 nitrogen and oxygen atoms in total. The van der Waals surface area contributed by atoms with E-state index in [2.05, 4.69) is 73.8 Å². The molecule has 32 heavy (non-hydrogen) atoms. The molecule has 1 aliphatic carbocycles. The van der Waals surface area contributed by atoms with E-state index < -0.39 is 0 Å². The van der Waals surface area contributed by atoms with E-state index in [0.717, 1.165) is 23.6 Å². The molecule has 2 aromatic heterocycles. The number of aromatic nitrogens is 3. The molecule has 1 saturated carbocycles. The maximum atomic E-state index is 5.36. The molecule has 1 aromatic carbocycles. The number of anilines is 1. The summed E-state index contributed by atoms with van der Waals surface area (Å²) in [6.45, 7) is 9.56. The van der Waals surface area contributed by atoms with Gasteiger partial charge in [-0.05, 0) is 89.1 Å². The van der Waals surface area contributed by atoms with Gasteiger partial charge in [-0.1, -0.05) is 12.1 Å². The molecule has 0 spiro atoms. The number of hydrogen-bond donors (Lipinski definition) is 1. The summed E-state index contributed by atoms with van der Waals surface area (Å²) in [5.74, 6) is 2.15. The topological polar surface area (TPSA) is 52.0 Å². The number of pyridine rings is 1. The Morgan fingerprint density at radius 1 is 1.06 bits per heavy atom. The van der Waals surface area contributed by atoms with Crippen LogP contribution < -0.4 is 10.1 Å². The number of nitrogens with one attached hydrogen (secondary N) is 1. The molecule has 1 fully saturated rings. The molecule has 170 valence electrons. The molecular weight excluding hydrogens is 396 g/mol. The second-order valence-electron chi connectivity index (χ2n) is 10.0. The lowest BCUT2D eigenvalue weighted by molar-refractivity contribution is 0.334. The van der Waals surface area contributed by atoms with Crippen LogP contribution in [-0.4, -0.2) is 28.4 Å². The van der Waals surface area contributed by atoms with E-state index in [1.165, 1.54) is 42.6 Å². The monoisotopic (exact) mass is 432 g/mol. The van der Waals surface area contributed by atoms with E-state index in [0.29, 0.717) is 11.8 Å². The lowest BCUT2D eigenvalue weighted by atomic mass is 9.80. The van der Waals surface area contributed by atoms with E-state index in [1.54, 1.807) is 7.11 Å². The minimum atomic E-state index is -0.00696. The summed E-state index contributed by atoms with van der Waals surface area (Å²) in [7, 11) is 1.70. The fourth-order valence-corrected chi connectivity index (χ4v) is 4.58. The zero-order valence-corrected chi connectivity index (χ0v) is 20.1. The zero-order valence-electron chi connectivity index (χ0n) is 20.1. The van der Waals surface area contributed by atoms with Gasteiger partial charge in [0.2, 0.25) is 0 Å². The predicted molar refractivity (Wildman–Crippen MR) is 131 cm³/mol. The summed E-state index contributed by atoms with van der Waals surface area (Å²) in [6, 6.07) is 12.9. The van der Waals surface area contributed by atoms with E-state index in [1.807, 2.05) is 17.8 Å². The van der Waals surface area contributed by atoms with Crippen molar-refractivity contribution < 1.29 is 4.74 Å². The molecule has 3 aromatic rings. The van der Waals surface area contributed by atoms with Gasteiger partial charge in [-0.25, -0.2) is 0 Å². The molecule has 0 amide bonds. The van der Waals surface area contributed by atoms with Crippen LogP contribution in [0.5, 0.6) is 5.75 Å². The van der Waals surface area contributed by atoms with Crippen molar-refractivity contribution >= 4 is 5.69 Å². The average molecular weight is 433 g/mol. The van der Waals surface area contributed by atoms with Gasteiger partial charge >= 0.3 is 0 Å². The highest BCUT2D eigenvalue weighted by atomic mass is 16.5. The van der Waals surface area contributed by atoms with Crippen molar-refractivity contribution in [3.8, 4) is 16.9 Å². The maximum absolute atomic E-state index is 5.36. The number of benzene rings is 1. The highest BCUT2D eigenvalue weighted by molar-refractivity contribution is 5.67. The minimum absolute atomic E-state index is 0.00696. The van der Waals surface area contributed by atoms with Crippen LogP contribution in [0.3, 0.4) is 0 Å². The molecule has 0 aliphatic heterocycles. The first kappa shape index (κ1) is 22.4. The molecular formula is C27H36N4O. The van der Waals surface area contributed by atoms with Crippen molar-refractivity contribution in [2.75, 3.05) is 19.0 Å². The van der Waals surface area contributed by atoms with Crippen molar-refractivity contribution in [3.63, 3.8) is 0 Å². The van der Waals surface area contributed by atoms with Gasteiger partial charge in [-0.3, -0.25) is 9.67 Å².